The summed E-state index contributed by atoms with van der Waals surface area (Å²) in [5.74, 6) is 1.05. The van der Waals surface area contributed by atoms with Crippen molar-refractivity contribution in [1.82, 2.24) is 10.3 Å². The summed E-state index contributed by atoms with van der Waals surface area (Å²) in [6.45, 7) is 4.54. The largest absolute Gasteiger partial charge is 0.481 e. The zero-order valence-corrected chi connectivity index (χ0v) is 9.90. The molecule has 0 amide bonds. The van der Waals surface area contributed by atoms with Crippen LogP contribution in [0.4, 0.5) is 0 Å². The van der Waals surface area contributed by atoms with Crippen molar-refractivity contribution in [1.29, 1.82) is 0 Å². The molecule has 5 nitrogen and oxygen atoms in total. The third-order valence-corrected chi connectivity index (χ3v) is 1.88. The second-order valence-corrected chi connectivity index (χ2v) is 3.71. The normalized spacial score (nSPS) is 11.6. The van der Waals surface area contributed by atoms with Gasteiger partial charge in [-0.15, -0.1) is 0 Å². The summed E-state index contributed by atoms with van der Waals surface area (Å²) in [4.78, 5) is 8.28. The van der Waals surface area contributed by atoms with Gasteiger partial charge in [-0.05, 0) is 19.4 Å². The van der Waals surface area contributed by atoms with Crippen molar-refractivity contribution in [2.45, 2.75) is 26.4 Å². The quantitative estimate of drug-likeness (QED) is 0.586. The smallest absolute Gasteiger partial charge is 0.212 e. The third kappa shape index (κ3) is 4.16. The Morgan fingerprint density at radius 2 is 2.31 bits per heavy atom. The molecule has 0 fully saturated rings. The summed E-state index contributed by atoms with van der Waals surface area (Å²) in [7, 11) is 1.59. The fraction of sp³-hybridized carbons (Fsp3) is 0.455. The van der Waals surface area contributed by atoms with Crippen molar-refractivity contribution < 1.29 is 4.74 Å². The zero-order valence-electron chi connectivity index (χ0n) is 9.90. The highest BCUT2D eigenvalue weighted by Crippen LogP contribution is 2.07. The van der Waals surface area contributed by atoms with Gasteiger partial charge in [-0.2, -0.15) is 0 Å². The molecule has 1 heterocycles. The van der Waals surface area contributed by atoms with Crippen LogP contribution in [0.25, 0.3) is 0 Å². The van der Waals surface area contributed by atoms with Gasteiger partial charge in [-0.3, -0.25) is 0 Å². The van der Waals surface area contributed by atoms with Gasteiger partial charge in [0.1, 0.15) is 0 Å². The Kier molecular flexibility index (Phi) is 4.57. The highest BCUT2D eigenvalue weighted by atomic mass is 16.5. The van der Waals surface area contributed by atoms with Crippen LogP contribution in [0.5, 0.6) is 5.88 Å². The van der Waals surface area contributed by atoms with Crippen LogP contribution in [0.1, 0.15) is 19.4 Å². The van der Waals surface area contributed by atoms with Crippen LogP contribution in [0.2, 0.25) is 0 Å². The fourth-order valence-electron chi connectivity index (χ4n) is 1.14. The van der Waals surface area contributed by atoms with E-state index in [2.05, 4.69) is 15.3 Å². The number of pyridine rings is 1. The number of nitrogens with zero attached hydrogens (tertiary/aromatic N) is 2. The van der Waals surface area contributed by atoms with E-state index in [1.807, 2.05) is 19.9 Å². The molecule has 1 aromatic heterocycles. The predicted molar refractivity (Wildman–Crippen MR) is 64.4 cm³/mol. The van der Waals surface area contributed by atoms with Crippen molar-refractivity contribution >= 4 is 5.96 Å². The Morgan fingerprint density at radius 3 is 2.81 bits per heavy atom. The molecule has 0 aliphatic rings. The minimum Gasteiger partial charge on any atom is -0.481 e. The second-order valence-electron chi connectivity index (χ2n) is 3.71. The van der Waals surface area contributed by atoms with Crippen LogP contribution in [0.15, 0.2) is 23.3 Å². The molecule has 1 rings (SSSR count). The number of hydrogen-bond donors (Lipinski definition) is 2. The molecule has 16 heavy (non-hydrogen) atoms. The Labute approximate surface area is 95.7 Å². The van der Waals surface area contributed by atoms with Gasteiger partial charge in [0.2, 0.25) is 5.88 Å². The molecular weight excluding hydrogens is 204 g/mol. The molecule has 0 atom stereocenters. The molecule has 5 heteroatoms. The summed E-state index contributed by atoms with van der Waals surface area (Å²) in [5, 5.41) is 3.02. The molecule has 0 spiro atoms. The van der Waals surface area contributed by atoms with E-state index in [0.29, 0.717) is 18.4 Å². The van der Waals surface area contributed by atoms with E-state index in [0.717, 1.165) is 5.56 Å². The number of rotatable bonds is 4. The SMILES string of the molecule is COc1ccc(CN=C(N)NC(C)C)cn1. The minimum atomic E-state index is 0.290. The first-order chi connectivity index (χ1) is 7.61. The maximum Gasteiger partial charge on any atom is 0.212 e. The average molecular weight is 222 g/mol. The second kappa shape index (κ2) is 5.95. The number of guanidine groups is 1. The van der Waals surface area contributed by atoms with Crippen molar-refractivity contribution in [2.75, 3.05) is 7.11 Å². The van der Waals surface area contributed by atoms with Gasteiger partial charge in [0.05, 0.1) is 13.7 Å². The molecule has 0 saturated heterocycles. The molecule has 0 bridgehead atoms. The molecule has 3 N–H and O–H groups in total. The van der Waals surface area contributed by atoms with Crippen LogP contribution in [0.3, 0.4) is 0 Å². The fourth-order valence-corrected chi connectivity index (χ4v) is 1.14. The van der Waals surface area contributed by atoms with Crippen LogP contribution in [-0.4, -0.2) is 24.1 Å². The molecular formula is C11H18N4O. The van der Waals surface area contributed by atoms with Gasteiger partial charge >= 0.3 is 0 Å². The summed E-state index contributed by atoms with van der Waals surface area (Å²) < 4.78 is 4.96. The van der Waals surface area contributed by atoms with Gasteiger partial charge in [-0.1, -0.05) is 6.07 Å². The first-order valence-corrected chi connectivity index (χ1v) is 5.17. The standard InChI is InChI=1S/C11H18N4O/c1-8(2)15-11(12)14-7-9-4-5-10(16-3)13-6-9/h4-6,8H,7H2,1-3H3,(H3,12,14,15). The Balaban J connectivity index is 2.53. The molecule has 88 valence electrons. The van der Waals surface area contributed by atoms with E-state index in [-0.39, 0.29) is 6.04 Å². The highest BCUT2D eigenvalue weighted by Gasteiger charge is 1.97. The van der Waals surface area contributed by atoms with Crippen molar-refractivity contribution in [2.24, 2.45) is 10.7 Å². The van der Waals surface area contributed by atoms with Gasteiger partial charge in [0.25, 0.3) is 0 Å². The minimum absolute atomic E-state index is 0.290. The van der Waals surface area contributed by atoms with Gasteiger partial charge < -0.3 is 15.8 Å². The van der Waals surface area contributed by atoms with Gasteiger partial charge in [0, 0.05) is 18.3 Å². The average Bonchev–Trinajstić information content (AvgIpc) is 2.26. The summed E-state index contributed by atoms with van der Waals surface area (Å²) in [6.07, 6.45) is 1.73. The van der Waals surface area contributed by atoms with E-state index in [1.165, 1.54) is 0 Å². The van der Waals surface area contributed by atoms with Crippen molar-refractivity contribution in [3.63, 3.8) is 0 Å². The Hall–Kier alpha value is -1.78. The number of hydrogen-bond acceptors (Lipinski definition) is 3. The number of aliphatic imine (C=N–C) groups is 1. The van der Waals surface area contributed by atoms with Crippen molar-refractivity contribution in [3.05, 3.63) is 23.9 Å². The molecule has 0 aliphatic carbocycles. The molecule has 0 aromatic carbocycles. The number of nitrogens with two attached hydrogens (primary N) is 1. The zero-order chi connectivity index (χ0) is 12.0. The van der Waals surface area contributed by atoms with Crippen molar-refractivity contribution in [3.8, 4) is 5.88 Å². The van der Waals surface area contributed by atoms with E-state index >= 15 is 0 Å². The monoisotopic (exact) mass is 222 g/mol. The lowest BCUT2D eigenvalue weighted by atomic mass is 10.3. The molecule has 0 unspecified atom stereocenters. The van der Waals surface area contributed by atoms with Crippen LogP contribution in [0, 0.1) is 0 Å². The number of methoxy groups -OCH3 is 1. The Bertz CT molecular complexity index is 346. The molecule has 0 radical (unpaired) electrons. The lowest BCUT2D eigenvalue weighted by Gasteiger charge is -2.08. The number of aromatic nitrogens is 1. The van der Waals surface area contributed by atoms with E-state index < -0.39 is 0 Å². The molecule has 0 saturated carbocycles. The summed E-state index contributed by atoms with van der Waals surface area (Å²) in [6, 6.07) is 4.01. The lowest BCUT2D eigenvalue weighted by molar-refractivity contribution is 0.397. The number of nitrogens with one attached hydrogen (secondary N) is 1. The first-order valence-electron chi connectivity index (χ1n) is 5.17. The van der Waals surface area contributed by atoms with E-state index in [1.54, 1.807) is 19.4 Å². The predicted octanol–water partition coefficient (Wildman–Crippen LogP) is 0.903. The van der Waals surface area contributed by atoms with Crippen LogP contribution >= 0.6 is 0 Å². The van der Waals surface area contributed by atoms with Gasteiger partial charge in [0.15, 0.2) is 5.96 Å². The number of ether oxygens (including phenoxy) is 1. The lowest BCUT2D eigenvalue weighted by Crippen LogP contribution is -2.36. The van der Waals surface area contributed by atoms with E-state index in [4.69, 9.17) is 10.5 Å². The Morgan fingerprint density at radius 1 is 1.56 bits per heavy atom. The topological polar surface area (TPSA) is 72.5 Å². The first kappa shape index (κ1) is 12.3. The van der Waals surface area contributed by atoms with Crippen LogP contribution < -0.4 is 15.8 Å². The summed E-state index contributed by atoms with van der Waals surface area (Å²) >= 11 is 0. The van der Waals surface area contributed by atoms with Crippen LogP contribution in [-0.2, 0) is 6.54 Å². The van der Waals surface area contributed by atoms with E-state index in [9.17, 15) is 0 Å². The maximum absolute atomic E-state index is 5.67. The molecule has 0 aliphatic heterocycles. The highest BCUT2D eigenvalue weighted by molar-refractivity contribution is 5.78. The van der Waals surface area contributed by atoms with Gasteiger partial charge in [-0.25, -0.2) is 9.98 Å². The molecule has 1 aromatic rings. The summed E-state index contributed by atoms with van der Waals surface area (Å²) in [5.41, 5.74) is 6.67. The third-order valence-electron chi connectivity index (χ3n) is 1.88. The maximum atomic E-state index is 5.67.